The number of methoxy groups -OCH3 is 2. The monoisotopic (exact) mass is 394 g/mol. The summed E-state index contributed by atoms with van der Waals surface area (Å²) in [7, 11) is 3.13. The van der Waals surface area contributed by atoms with Gasteiger partial charge in [0.05, 0.1) is 26.3 Å². The Morgan fingerprint density at radius 2 is 1.79 bits per heavy atom. The predicted octanol–water partition coefficient (Wildman–Crippen LogP) is 2.51. The molecule has 0 atom stereocenters. The number of amides is 1. The smallest absolute Gasteiger partial charge is 0.242 e. The van der Waals surface area contributed by atoms with Crippen LogP contribution >= 0.6 is 0 Å². The number of nitrogens with zero attached hydrogens (tertiary/aromatic N) is 2. The lowest BCUT2D eigenvalue weighted by Gasteiger charge is -2.15. The molecule has 9 heteroatoms. The third kappa shape index (κ3) is 5.04. The zero-order chi connectivity index (χ0) is 20.6. The number of benzene rings is 2. The van der Waals surface area contributed by atoms with Gasteiger partial charge in [-0.05, 0) is 17.7 Å². The number of carbonyl (C=O) groups excluding carboxylic acids is 1. The van der Waals surface area contributed by atoms with E-state index in [0.29, 0.717) is 23.0 Å². The molecule has 29 heavy (non-hydrogen) atoms. The predicted molar refractivity (Wildman–Crippen MR) is 111 cm³/mol. The molecule has 1 heterocycles. The fourth-order valence-electron chi connectivity index (χ4n) is 2.58. The minimum atomic E-state index is -0.222. The first-order chi connectivity index (χ1) is 14.1. The molecule has 0 unspecified atom stereocenters. The number of nitrogens with one attached hydrogen (secondary N) is 3. The fourth-order valence-corrected chi connectivity index (χ4v) is 2.58. The number of aromatic nitrogens is 2. The van der Waals surface area contributed by atoms with Crippen molar-refractivity contribution < 1.29 is 14.3 Å². The minimum Gasteiger partial charge on any atom is -0.497 e. The van der Waals surface area contributed by atoms with Gasteiger partial charge in [0.25, 0.3) is 0 Å². The van der Waals surface area contributed by atoms with Crippen molar-refractivity contribution in [1.29, 1.82) is 0 Å². The normalized spacial score (nSPS) is 10.1. The van der Waals surface area contributed by atoms with E-state index in [2.05, 4.69) is 26.1 Å². The van der Waals surface area contributed by atoms with E-state index in [1.54, 1.807) is 32.4 Å². The van der Waals surface area contributed by atoms with Crippen LogP contribution in [0.1, 0.15) is 5.56 Å². The Balaban J connectivity index is 1.69. The molecule has 3 rings (SSSR count). The summed E-state index contributed by atoms with van der Waals surface area (Å²) in [6.45, 7) is 0. The molecule has 0 saturated carbocycles. The molecule has 0 spiro atoms. The fraction of sp³-hybridized carbons (Fsp3) is 0.150. The largest absolute Gasteiger partial charge is 0.497 e. The standard InChI is InChI=1S/C20H22N6O3/c1-28-14-8-9-15(16(11-14)29-2)24-19-18(21)20(23-12-22-19)26-25-17(27)10-13-6-4-3-5-7-13/h3-9,11-12H,10,21H2,1-2H3,(H,25,27)(H2,22,23,24,26). The highest BCUT2D eigenvalue weighted by Gasteiger charge is 2.12. The van der Waals surface area contributed by atoms with Gasteiger partial charge in [-0.1, -0.05) is 30.3 Å². The second-order valence-corrected chi connectivity index (χ2v) is 6.01. The van der Waals surface area contributed by atoms with Crippen LogP contribution < -0.4 is 31.4 Å². The molecule has 0 aliphatic heterocycles. The zero-order valence-electron chi connectivity index (χ0n) is 16.1. The maximum absolute atomic E-state index is 12.1. The van der Waals surface area contributed by atoms with Crippen LogP contribution in [0.25, 0.3) is 0 Å². The Kier molecular flexibility index (Phi) is 6.31. The van der Waals surface area contributed by atoms with Gasteiger partial charge >= 0.3 is 0 Å². The Bertz CT molecular complexity index is 981. The highest BCUT2D eigenvalue weighted by Crippen LogP contribution is 2.33. The average molecular weight is 394 g/mol. The highest BCUT2D eigenvalue weighted by atomic mass is 16.5. The van der Waals surface area contributed by atoms with Gasteiger partial charge in [0, 0.05) is 6.07 Å². The first-order valence-electron chi connectivity index (χ1n) is 8.79. The van der Waals surface area contributed by atoms with E-state index in [1.165, 1.54) is 6.33 Å². The summed E-state index contributed by atoms with van der Waals surface area (Å²) >= 11 is 0. The third-order valence-electron chi connectivity index (χ3n) is 4.07. The Labute approximate surface area is 168 Å². The number of ether oxygens (including phenoxy) is 2. The van der Waals surface area contributed by atoms with Crippen LogP contribution in [0.5, 0.6) is 11.5 Å². The number of hydrogen-bond donors (Lipinski definition) is 4. The Morgan fingerprint density at radius 1 is 1.03 bits per heavy atom. The summed E-state index contributed by atoms with van der Waals surface area (Å²) in [5.41, 5.74) is 13.3. The van der Waals surface area contributed by atoms with Gasteiger partial charge in [0.15, 0.2) is 11.6 Å². The summed E-state index contributed by atoms with van der Waals surface area (Å²) in [5.74, 6) is 1.64. The van der Waals surface area contributed by atoms with Crippen LogP contribution in [-0.4, -0.2) is 30.1 Å². The van der Waals surface area contributed by atoms with Crippen LogP contribution in [0, 0.1) is 0 Å². The number of nitrogen functional groups attached to an aromatic ring is 1. The molecule has 150 valence electrons. The molecule has 0 aliphatic carbocycles. The first-order valence-corrected chi connectivity index (χ1v) is 8.79. The van der Waals surface area contributed by atoms with Crippen molar-refractivity contribution in [3.63, 3.8) is 0 Å². The van der Waals surface area contributed by atoms with E-state index >= 15 is 0 Å². The van der Waals surface area contributed by atoms with E-state index in [0.717, 1.165) is 5.56 Å². The number of nitrogens with two attached hydrogens (primary N) is 1. The summed E-state index contributed by atoms with van der Waals surface area (Å²) in [6, 6.07) is 14.7. The summed E-state index contributed by atoms with van der Waals surface area (Å²) in [5, 5.41) is 3.10. The molecule has 5 N–H and O–H groups in total. The minimum absolute atomic E-state index is 0.222. The van der Waals surface area contributed by atoms with Gasteiger partial charge in [0.1, 0.15) is 23.5 Å². The van der Waals surface area contributed by atoms with Gasteiger partial charge in [-0.3, -0.25) is 15.6 Å². The first kappa shape index (κ1) is 19.7. The molecule has 2 aromatic carbocycles. The number of rotatable bonds is 8. The number of hydrogen-bond acceptors (Lipinski definition) is 8. The molecule has 0 fully saturated rings. The SMILES string of the molecule is COc1ccc(Nc2ncnc(NNC(=O)Cc3ccccc3)c2N)c(OC)c1. The van der Waals surface area contributed by atoms with Gasteiger partial charge < -0.3 is 20.5 Å². The molecule has 9 nitrogen and oxygen atoms in total. The molecule has 0 saturated heterocycles. The molecule has 1 amide bonds. The van der Waals surface area contributed by atoms with E-state index in [4.69, 9.17) is 15.2 Å². The molecule has 0 radical (unpaired) electrons. The van der Waals surface area contributed by atoms with E-state index in [1.807, 2.05) is 30.3 Å². The lowest BCUT2D eigenvalue weighted by molar-refractivity contribution is -0.119. The molecule has 0 aliphatic rings. The van der Waals surface area contributed by atoms with Crippen molar-refractivity contribution in [2.24, 2.45) is 0 Å². The molecular weight excluding hydrogens is 372 g/mol. The average Bonchev–Trinajstić information content (AvgIpc) is 2.75. The summed E-state index contributed by atoms with van der Waals surface area (Å²) in [6.07, 6.45) is 1.56. The molecular formula is C20H22N6O3. The van der Waals surface area contributed by atoms with Gasteiger partial charge in [-0.25, -0.2) is 9.97 Å². The van der Waals surface area contributed by atoms with Crippen LogP contribution in [0.3, 0.4) is 0 Å². The van der Waals surface area contributed by atoms with Gasteiger partial charge in [-0.2, -0.15) is 0 Å². The van der Waals surface area contributed by atoms with E-state index in [9.17, 15) is 4.79 Å². The van der Waals surface area contributed by atoms with E-state index in [-0.39, 0.29) is 23.8 Å². The van der Waals surface area contributed by atoms with Gasteiger partial charge in [0.2, 0.25) is 5.91 Å². The van der Waals surface area contributed by atoms with Gasteiger partial charge in [-0.15, -0.1) is 0 Å². The Morgan fingerprint density at radius 3 is 2.52 bits per heavy atom. The number of anilines is 4. The maximum Gasteiger partial charge on any atom is 0.242 e. The molecule has 1 aromatic heterocycles. The second kappa shape index (κ2) is 9.27. The summed E-state index contributed by atoms with van der Waals surface area (Å²) < 4.78 is 10.6. The van der Waals surface area contributed by atoms with Crippen molar-refractivity contribution >= 4 is 28.9 Å². The molecule has 0 bridgehead atoms. The van der Waals surface area contributed by atoms with Crippen LogP contribution in [0.15, 0.2) is 54.9 Å². The second-order valence-electron chi connectivity index (χ2n) is 6.01. The lowest BCUT2D eigenvalue weighted by atomic mass is 10.1. The van der Waals surface area contributed by atoms with Crippen molar-refractivity contribution in [1.82, 2.24) is 15.4 Å². The van der Waals surface area contributed by atoms with Crippen molar-refractivity contribution in [3.05, 3.63) is 60.4 Å². The van der Waals surface area contributed by atoms with Crippen LogP contribution in [0.4, 0.5) is 23.0 Å². The quantitative estimate of drug-likeness (QED) is 0.430. The zero-order valence-corrected chi connectivity index (χ0v) is 16.1. The third-order valence-corrected chi connectivity index (χ3v) is 4.07. The van der Waals surface area contributed by atoms with E-state index < -0.39 is 0 Å². The van der Waals surface area contributed by atoms with Crippen molar-refractivity contribution in [2.45, 2.75) is 6.42 Å². The number of carbonyl (C=O) groups is 1. The topological polar surface area (TPSA) is 123 Å². The van der Waals surface area contributed by atoms with Crippen LogP contribution in [0.2, 0.25) is 0 Å². The van der Waals surface area contributed by atoms with Crippen molar-refractivity contribution in [2.75, 3.05) is 30.7 Å². The number of hydrazine groups is 1. The van der Waals surface area contributed by atoms with Crippen LogP contribution in [-0.2, 0) is 11.2 Å². The lowest BCUT2D eigenvalue weighted by Crippen LogP contribution is -2.31. The summed E-state index contributed by atoms with van der Waals surface area (Å²) in [4.78, 5) is 20.4. The van der Waals surface area contributed by atoms with Crippen molar-refractivity contribution in [3.8, 4) is 11.5 Å². The Hall–Kier alpha value is -4.01. The highest BCUT2D eigenvalue weighted by molar-refractivity contribution is 5.83. The maximum atomic E-state index is 12.1. The molecule has 3 aromatic rings.